The number of rotatable bonds is 6. The zero-order valence-electron chi connectivity index (χ0n) is 16.1. The largest absolute Gasteiger partial charge is 0.379 e. The molecule has 1 saturated heterocycles. The van der Waals surface area contributed by atoms with Crippen LogP contribution in [0.25, 0.3) is 10.2 Å². The monoisotopic (exact) mass is 511 g/mol. The third-order valence-electron chi connectivity index (χ3n) is 4.94. The molecule has 0 atom stereocenters. The normalized spacial score (nSPS) is 14.9. The van der Waals surface area contributed by atoms with Gasteiger partial charge in [-0.2, -0.15) is 0 Å². The highest BCUT2D eigenvalue weighted by molar-refractivity contribution is 9.10. The van der Waals surface area contributed by atoms with E-state index >= 15 is 0 Å². The second-order valence-electron chi connectivity index (χ2n) is 7.00. The maximum Gasteiger partial charge on any atom is 0.261 e. The van der Waals surface area contributed by atoms with Gasteiger partial charge in [0, 0.05) is 30.7 Å². The summed E-state index contributed by atoms with van der Waals surface area (Å²) in [5.74, 6) is -0.750. The first-order valence-corrected chi connectivity index (χ1v) is 11.6. The molecule has 0 aliphatic carbocycles. The first kappa shape index (κ1) is 21.6. The van der Waals surface area contributed by atoms with Crippen LogP contribution in [0.4, 0.5) is 9.52 Å². The number of morpholine rings is 1. The van der Waals surface area contributed by atoms with Crippen molar-refractivity contribution in [3.8, 4) is 0 Å². The molecule has 1 aliphatic heterocycles. The summed E-state index contributed by atoms with van der Waals surface area (Å²) >= 11 is 11.1. The zero-order chi connectivity index (χ0) is 21.1. The molecular formula is C21H20BrClFN3O2S. The summed E-state index contributed by atoms with van der Waals surface area (Å²) in [6, 6.07) is 9.67. The number of ether oxygens (including phenoxy) is 1. The van der Waals surface area contributed by atoms with Crippen molar-refractivity contribution in [2.24, 2.45) is 0 Å². The second-order valence-corrected chi connectivity index (χ2v) is 9.33. The number of hydrogen-bond acceptors (Lipinski definition) is 5. The van der Waals surface area contributed by atoms with Gasteiger partial charge in [-0.3, -0.25) is 14.6 Å². The molecular weight excluding hydrogens is 493 g/mol. The molecule has 9 heteroatoms. The number of thiazole rings is 1. The standard InChI is InChI=1S/C21H20BrClFN3O2S/c22-14-2-5-18-19(12-14)30-21(25-18)27(7-1-6-26-8-10-29-11-9-26)20(28)16-4-3-15(24)13-17(16)23/h2-5,12-13H,1,6-11H2. The molecule has 0 radical (unpaired) electrons. The van der Waals surface area contributed by atoms with Crippen molar-refractivity contribution in [2.45, 2.75) is 6.42 Å². The molecule has 0 saturated carbocycles. The number of benzene rings is 2. The van der Waals surface area contributed by atoms with Crippen LogP contribution in [0, 0.1) is 5.82 Å². The number of halogens is 3. The predicted octanol–water partition coefficient (Wildman–Crippen LogP) is 5.22. The molecule has 2 aromatic carbocycles. The molecule has 30 heavy (non-hydrogen) atoms. The van der Waals surface area contributed by atoms with Crippen molar-refractivity contribution in [1.29, 1.82) is 0 Å². The van der Waals surface area contributed by atoms with E-state index in [0.29, 0.717) is 11.7 Å². The number of hydrogen-bond donors (Lipinski definition) is 0. The molecule has 3 aromatic rings. The lowest BCUT2D eigenvalue weighted by Gasteiger charge is -2.27. The van der Waals surface area contributed by atoms with E-state index in [2.05, 4.69) is 25.8 Å². The quantitative estimate of drug-likeness (QED) is 0.454. The topological polar surface area (TPSA) is 45.7 Å². The Bertz CT molecular complexity index is 1060. The molecule has 5 nitrogen and oxygen atoms in total. The van der Waals surface area contributed by atoms with E-state index in [4.69, 9.17) is 16.3 Å². The van der Waals surface area contributed by atoms with Crippen LogP contribution in [0.5, 0.6) is 0 Å². The van der Waals surface area contributed by atoms with Crippen LogP contribution in [0.1, 0.15) is 16.8 Å². The summed E-state index contributed by atoms with van der Waals surface area (Å²) in [5, 5.41) is 0.706. The van der Waals surface area contributed by atoms with Gasteiger partial charge in [-0.05, 0) is 42.8 Å². The number of amides is 1. The van der Waals surface area contributed by atoms with Crippen molar-refractivity contribution in [3.05, 3.63) is 57.3 Å². The minimum Gasteiger partial charge on any atom is -0.379 e. The van der Waals surface area contributed by atoms with Gasteiger partial charge >= 0.3 is 0 Å². The lowest BCUT2D eigenvalue weighted by molar-refractivity contribution is 0.0376. The number of carbonyl (C=O) groups excluding carboxylic acids is 1. The molecule has 0 bridgehead atoms. The van der Waals surface area contributed by atoms with Crippen molar-refractivity contribution >= 4 is 60.1 Å². The van der Waals surface area contributed by atoms with E-state index in [0.717, 1.165) is 60.0 Å². The van der Waals surface area contributed by atoms with Crippen molar-refractivity contribution in [1.82, 2.24) is 9.88 Å². The number of carbonyl (C=O) groups is 1. The van der Waals surface area contributed by atoms with Gasteiger partial charge < -0.3 is 4.74 Å². The lowest BCUT2D eigenvalue weighted by atomic mass is 10.2. The van der Waals surface area contributed by atoms with E-state index in [1.54, 1.807) is 4.90 Å². The van der Waals surface area contributed by atoms with Gasteiger partial charge in [0.1, 0.15) is 5.82 Å². The lowest BCUT2D eigenvalue weighted by Crippen LogP contribution is -2.39. The molecule has 1 amide bonds. The summed E-state index contributed by atoms with van der Waals surface area (Å²) in [6.45, 7) is 4.62. The van der Waals surface area contributed by atoms with E-state index in [1.807, 2.05) is 18.2 Å². The number of nitrogens with zero attached hydrogens (tertiary/aromatic N) is 3. The SMILES string of the molecule is O=C(c1ccc(F)cc1Cl)N(CCCN1CCOCC1)c1nc2ccc(Br)cc2s1. The zero-order valence-corrected chi connectivity index (χ0v) is 19.3. The maximum atomic E-state index is 13.5. The summed E-state index contributed by atoms with van der Waals surface area (Å²) in [7, 11) is 0. The predicted molar refractivity (Wildman–Crippen MR) is 122 cm³/mol. The Balaban J connectivity index is 1.59. The van der Waals surface area contributed by atoms with Crippen LogP contribution in [-0.2, 0) is 4.74 Å². The first-order valence-electron chi connectivity index (χ1n) is 9.64. The van der Waals surface area contributed by atoms with E-state index in [-0.39, 0.29) is 16.5 Å². The fraction of sp³-hybridized carbons (Fsp3) is 0.333. The van der Waals surface area contributed by atoms with Crippen LogP contribution in [0.3, 0.4) is 0 Å². The van der Waals surface area contributed by atoms with Crippen LogP contribution in [0.2, 0.25) is 5.02 Å². The minimum atomic E-state index is -0.472. The summed E-state index contributed by atoms with van der Waals surface area (Å²) in [4.78, 5) is 22.0. The Morgan fingerprint density at radius 2 is 2.07 bits per heavy atom. The van der Waals surface area contributed by atoms with Crippen molar-refractivity contribution in [2.75, 3.05) is 44.3 Å². The molecule has 1 aliphatic rings. The maximum absolute atomic E-state index is 13.5. The molecule has 0 unspecified atom stereocenters. The van der Waals surface area contributed by atoms with E-state index in [1.165, 1.54) is 23.5 Å². The Hall–Kier alpha value is -1.58. The van der Waals surface area contributed by atoms with E-state index in [9.17, 15) is 9.18 Å². The van der Waals surface area contributed by atoms with Gasteiger partial charge in [-0.25, -0.2) is 9.37 Å². The highest BCUT2D eigenvalue weighted by atomic mass is 79.9. The summed E-state index contributed by atoms with van der Waals surface area (Å²) in [6.07, 6.45) is 0.782. The van der Waals surface area contributed by atoms with Crippen LogP contribution in [0.15, 0.2) is 40.9 Å². The van der Waals surface area contributed by atoms with Crippen molar-refractivity contribution in [3.63, 3.8) is 0 Å². The van der Waals surface area contributed by atoms with Gasteiger partial charge in [-0.15, -0.1) is 0 Å². The summed E-state index contributed by atoms with van der Waals surface area (Å²) in [5.41, 5.74) is 1.10. The van der Waals surface area contributed by atoms with Gasteiger partial charge in [0.2, 0.25) is 0 Å². The Morgan fingerprint density at radius 1 is 1.27 bits per heavy atom. The molecule has 0 N–H and O–H groups in total. The number of anilines is 1. The average Bonchev–Trinajstić information content (AvgIpc) is 3.14. The fourth-order valence-corrected chi connectivity index (χ4v) is 5.16. The van der Waals surface area contributed by atoms with Crippen LogP contribution in [-0.4, -0.2) is 55.2 Å². The van der Waals surface area contributed by atoms with Gasteiger partial charge in [-0.1, -0.05) is 38.9 Å². The molecule has 0 spiro atoms. The second kappa shape index (κ2) is 9.70. The average molecular weight is 513 g/mol. The minimum absolute atomic E-state index is 0.0991. The first-order chi connectivity index (χ1) is 14.5. The van der Waals surface area contributed by atoms with Crippen molar-refractivity contribution < 1.29 is 13.9 Å². The molecule has 1 aromatic heterocycles. The molecule has 1 fully saturated rings. The highest BCUT2D eigenvalue weighted by Crippen LogP contribution is 2.32. The van der Waals surface area contributed by atoms with Gasteiger partial charge in [0.05, 0.1) is 34.0 Å². The number of aromatic nitrogens is 1. The van der Waals surface area contributed by atoms with Gasteiger partial charge in [0.25, 0.3) is 5.91 Å². The molecule has 158 valence electrons. The molecule has 2 heterocycles. The van der Waals surface area contributed by atoms with Crippen LogP contribution < -0.4 is 4.90 Å². The Kier molecular flexibility index (Phi) is 7.00. The van der Waals surface area contributed by atoms with Gasteiger partial charge in [0.15, 0.2) is 5.13 Å². The van der Waals surface area contributed by atoms with E-state index < -0.39 is 5.82 Å². The molecule has 4 rings (SSSR count). The number of fused-ring (bicyclic) bond motifs is 1. The highest BCUT2D eigenvalue weighted by Gasteiger charge is 2.24. The summed E-state index contributed by atoms with van der Waals surface area (Å²) < 4.78 is 20.8. The third-order valence-corrected chi connectivity index (χ3v) is 6.78. The fourth-order valence-electron chi connectivity index (χ4n) is 3.37. The van der Waals surface area contributed by atoms with Crippen LogP contribution >= 0.6 is 38.9 Å². The smallest absolute Gasteiger partial charge is 0.261 e. The third kappa shape index (κ3) is 5.00. The Labute approximate surface area is 191 Å². The Morgan fingerprint density at radius 3 is 2.83 bits per heavy atom.